The second kappa shape index (κ2) is 6.50. The molecule has 1 radical (unpaired) electrons. The van der Waals surface area contributed by atoms with Crippen molar-refractivity contribution in [2.24, 2.45) is 0 Å². The molecule has 0 aromatic carbocycles. The van der Waals surface area contributed by atoms with Gasteiger partial charge in [-0.15, -0.1) is 0 Å². The standard InChI is InChI=1S/C6H11O2/c1-3-7-5-6-8-4-2/h3H,1-2,4-6H2. The molecular weight excluding hydrogens is 104 g/mol. The van der Waals surface area contributed by atoms with Crippen molar-refractivity contribution in [3.63, 3.8) is 0 Å². The molecule has 0 aliphatic rings. The van der Waals surface area contributed by atoms with Crippen LogP contribution >= 0.6 is 0 Å². The monoisotopic (exact) mass is 115 g/mol. The van der Waals surface area contributed by atoms with Gasteiger partial charge in [0, 0.05) is 6.61 Å². The quantitative estimate of drug-likeness (QED) is 0.393. The van der Waals surface area contributed by atoms with Crippen LogP contribution in [0.2, 0.25) is 0 Å². The van der Waals surface area contributed by atoms with Gasteiger partial charge in [-0.05, 0) is 6.92 Å². The molecule has 0 aromatic rings. The van der Waals surface area contributed by atoms with Crippen LogP contribution in [0.25, 0.3) is 0 Å². The van der Waals surface area contributed by atoms with E-state index in [0.717, 1.165) is 0 Å². The molecule has 0 amide bonds. The maximum atomic E-state index is 4.85. The fourth-order valence-corrected chi connectivity index (χ4v) is 0.292. The van der Waals surface area contributed by atoms with Gasteiger partial charge in [0.1, 0.15) is 6.61 Å². The van der Waals surface area contributed by atoms with Crippen molar-refractivity contribution in [3.8, 4) is 0 Å². The Morgan fingerprint density at radius 1 is 1.38 bits per heavy atom. The lowest BCUT2D eigenvalue weighted by Gasteiger charge is -1.98. The van der Waals surface area contributed by atoms with Crippen LogP contribution in [0.4, 0.5) is 0 Å². The molecule has 0 aliphatic carbocycles. The summed E-state index contributed by atoms with van der Waals surface area (Å²) in [5, 5.41) is 0. The van der Waals surface area contributed by atoms with Crippen molar-refractivity contribution in [1.29, 1.82) is 0 Å². The van der Waals surface area contributed by atoms with Crippen LogP contribution in [0.1, 0.15) is 0 Å². The largest absolute Gasteiger partial charge is 0.499 e. The molecule has 0 atom stereocenters. The Hall–Kier alpha value is -0.500. The van der Waals surface area contributed by atoms with Gasteiger partial charge in [0.05, 0.1) is 12.9 Å². The van der Waals surface area contributed by atoms with Crippen LogP contribution < -0.4 is 0 Å². The van der Waals surface area contributed by atoms with Crippen molar-refractivity contribution >= 4 is 0 Å². The number of ether oxygens (including phenoxy) is 2. The number of hydrogen-bond acceptors (Lipinski definition) is 2. The van der Waals surface area contributed by atoms with E-state index in [0.29, 0.717) is 19.8 Å². The van der Waals surface area contributed by atoms with Gasteiger partial charge in [0.15, 0.2) is 0 Å². The smallest absolute Gasteiger partial charge is 0.111 e. The van der Waals surface area contributed by atoms with Crippen LogP contribution in [0.3, 0.4) is 0 Å². The zero-order valence-corrected chi connectivity index (χ0v) is 4.93. The lowest BCUT2D eigenvalue weighted by atomic mass is 10.7. The first-order valence-electron chi connectivity index (χ1n) is 2.51. The van der Waals surface area contributed by atoms with Crippen molar-refractivity contribution in [1.82, 2.24) is 0 Å². The summed E-state index contributed by atoms with van der Waals surface area (Å²) >= 11 is 0. The predicted octanol–water partition coefficient (Wildman–Crippen LogP) is 0.997. The van der Waals surface area contributed by atoms with E-state index in [1.54, 1.807) is 0 Å². The van der Waals surface area contributed by atoms with E-state index in [2.05, 4.69) is 13.5 Å². The molecule has 0 saturated heterocycles. The molecule has 0 aromatic heterocycles. The van der Waals surface area contributed by atoms with Gasteiger partial charge in [-0.2, -0.15) is 0 Å². The average Bonchev–Trinajstić information content (AvgIpc) is 1.81. The Labute approximate surface area is 50.1 Å². The molecule has 2 nitrogen and oxygen atoms in total. The van der Waals surface area contributed by atoms with Gasteiger partial charge >= 0.3 is 0 Å². The highest BCUT2D eigenvalue weighted by molar-refractivity contribution is 4.47. The summed E-state index contributed by atoms with van der Waals surface area (Å²) in [5.41, 5.74) is 0. The van der Waals surface area contributed by atoms with E-state index in [9.17, 15) is 0 Å². The molecule has 0 saturated carbocycles. The van der Waals surface area contributed by atoms with Crippen molar-refractivity contribution in [2.75, 3.05) is 19.8 Å². The minimum Gasteiger partial charge on any atom is -0.499 e. The summed E-state index contributed by atoms with van der Waals surface area (Å²) in [6.45, 7) is 8.51. The third kappa shape index (κ3) is 5.50. The van der Waals surface area contributed by atoms with Gasteiger partial charge in [0.25, 0.3) is 0 Å². The molecule has 0 bridgehead atoms. The van der Waals surface area contributed by atoms with Gasteiger partial charge in [-0.1, -0.05) is 6.58 Å². The minimum absolute atomic E-state index is 0.500. The molecule has 8 heavy (non-hydrogen) atoms. The Morgan fingerprint density at radius 2 is 2.12 bits per heavy atom. The van der Waals surface area contributed by atoms with Crippen molar-refractivity contribution in [2.45, 2.75) is 0 Å². The molecule has 0 fully saturated rings. The fraction of sp³-hybridized carbons (Fsp3) is 0.500. The number of rotatable bonds is 5. The molecule has 47 valence electrons. The minimum atomic E-state index is 0.500. The third-order valence-corrected chi connectivity index (χ3v) is 0.608. The van der Waals surface area contributed by atoms with Crippen LogP contribution in [0.15, 0.2) is 12.8 Å². The lowest BCUT2D eigenvalue weighted by molar-refractivity contribution is 0.102. The molecule has 0 rings (SSSR count). The number of hydrogen-bond donors (Lipinski definition) is 0. The molecule has 0 heterocycles. The van der Waals surface area contributed by atoms with Crippen molar-refractivity contribution in [3.05, 3.63) is 19.8 Å². The van der Waals surface area contributed by atoms with E-state index >= 15 is 0 Å². The normalized spacial score (nSPS) is 8.62. The van der Waals surface area contributed by atoms with Crippen LogP contribution in [-0.2, 0) is 9.47 Å². The molecule has 0 unspecified atom stereocenters. The summed E-state index contributed by atoms with van der Waals surface area (Å²) in [5.74, 6) is 0. The Balaban J connectivity index is 2.62. The summed E-state index contributed by atoms with van der Waals surface area (Å²) < 4.78 is 9.60. The molecule has 0 N–H and O–H groups in total. The highest BCUT2D eigenvalue weighted by Crippen LogP contribution is 1.75. The molecule has 0 aliphatic heterocycles. The van der Waals surface area contributed by atoms with Gasteiger partial charge in [0.2, 0.25) is 0 Å². The Kier molecular flexibility index (Phi) is 6.09. The first-order chi connectivity index (χ1) is 3.91. The maximum Gasteiger partial charge on any atom is 0.111 e. The van der Waals surface area contributed by atoms with Crippen molar-refractivity contribution < 1.29 is 9.47 Å². The van der Waals surface area contributed by atoms with Crippen LogP contribution in [0, 0.1) is 6.92 Å². The third-order valence-electron chi connectivity index (χ3n) is 0.608. The Morgan fingerprint density at radius 3 is 2.62 bits per heavy atom. The van der Waals surface area contributed by atoms with Gasteiger partial charge < -0.3 is 9.47 Å². The highest BCUT2D eigenvalue weighted by Gasteiger charge is 1.79. The zero-order chi connectivity index (χ0) is 6.24. The maximum absolute atomic E-state index is 4.85. The van der Waals surface area contributed by atoms with E-state index in [-0.39, 0.29) is 0 Å². The van der Waals surface area contributed by atoms with Gasteiger partial charge in [-0.25, -0.2) is 0 Å². The molecular formula is C6H11O2. The van der Waals surface area contributed by atoms with Gasteiger partial charge in [-0.3, -0.25) is 0 Å². The van der Waals surface area contributed by atoms with Crippen LogP contribution in [0.5, 0.6) is 0 Å². The predicted molar refractivity (Wildman–Crippen MR) is 32.3 cm³/mol. The highest BCUT2D eigenvalue weighted by atomic mass is 16.5. The first-order valence-corrected chi connectivity index (χ1v) is 2.51. The van der Waals surface area contributed by atoms with Crippen LogP contribution in [-0.4, -0.2) is 19.8 Å². The summed E-state index contributed by atoms with van der Waals surface area (Å²) in [6, 6.07) is 0. The zero-order valence-electron chi connectivity index (χ0n) is 4.93. The molecule has 2 heteroatoms. The first kappa shape index (κ1) is 7.50. The fourth-order valence-electron chi connectivity index (χ4n) is 0.292. The summed E-state index contributed by atoms with van der Waals surface area (Å²) in [7, 11) is 0. The lowest BCUT2D eigenvalue weighted by Crippen LogP contribution is -1.99. The summed E-state index contributed by atoms with van der Waals surface area (Å²) in [6.07, 6.45) is 1.40. The SMILES string of the molecule is [CH2]COCCOC=C. The molecule has 0 spiro atoms. The second-order valence-corrected chi connectivity index (χ2v) is 1.15. The average molecular weight is 115 g/mol. The van der Waals surface area contributed by atoms with E-state index in [1.807, 2.05) is 0 Å². The van der Waals surface area contributed by atoms with E-state index in [4.69, 9.17) is 9.47 Å². The van der Waals surface area contributed by atoms with E-state index in [1.165, 1.54) is 6.26 Å². The summed E-state index contributed by atoms with van der Waals surface area (Å²) in [4.78, 5) is 0. The van der Waals surface area contributed by atoms with E-state index < -0.39 is 0 Å². The Bertz CT molecular complexity index is 52.5. The topological polar surface area (TPSA) is 18.5 Å². The second-order valence-electron chi connectivity index (χ2n) is 1.15.